The summed E-state index contributed by atoms with van der Waals surface area (Å²) in [7, 11) is 0. The van der Waals surface area contributed by atoms with Crippen molar-refractivity contribution >= 4 is 23.2 Å². The molecule has 0 spiro atoms. The van der Waals surface area contributed by atoms with Gasteiger partial charge in [0.2, 0.25) is 5.91 Å². The van der Waals surface area contributed by atoms with Crippen LogP contribution in [-0.4, -0.2) is 24.5 Å². The third kappa shape index (κ3) is 1.27. The summed E-state index contributed by atoms with van der Waals surface area (Å²) in [6.07, 6.45) is 0.907. The molecule has 78 valence electrons. The molecule has 2 heterocycles. The molecule has 2 aliphatic rings. The first-order valence-corrected chi connectivity index (χ1v) is 5.46. The van der Waals surface area contributed by atoms with Crippen LogP contribution in [0.1, 0.15) is 6.42 Å². The van der Waals surface area contributed by atoms with E-state index in [0.717, 1.165) is 18.7 Å². The van der Waals surface area contributed by atoms with Crippen molar-refractivity contribution in [1.82, 2.24) is 5.32 Å². The van der Waals surface area contributed by atoms with Crippen LogP contribution in [0.5, 0.6) is 0 Å². The van der Waals surface area contributed by atoms with Gasteiger partial charge in [-0.15, -0.1) is 0 Å². The third-order valence-electron chi connectivity index (χ3n) is 3.12. The fourth-order valence-corrected chi connectivity index (χ4v) is 2.64. The average molecular weight is 223 g/mol. The van der Waals surface area contributed by atoms with E-state index in [1.165, 1.54) is 0 Å². The molecule has 1 N–H and O–H groups in total. The first-order valence-electron chi connectivity index (χ1n) is 5.08. The third-order valence-corrected chi connectivity index (χ3v) is 3.44. The Hall–Kier alpha value is -1.06. The van der Waals surface area contributed by atoms with E-state index in [4.69, 9.17) is 11.6 Å². The first-order chi connectivity index (χ1) is 7.27. The number of para-hydroxylation sites is 1. The van der Waals surface area contributed by atoms with Gasteiger partial charge in [0.05, 0.1) is 22.8 Å². The van der Waals surface area contributed by atoms with E-state index in [1.54, 1.807) is 0 Å². The van der Waals surface area contributed by atoms with Crippen LogP contribution in [0.4, 0.5) is 5.69 Å². The van der Waals surface area contributed by atoms with E-state index in [2.05, 4.69) is 5.32 Å². The van der Waals surface area contributed by atoms with Gasteiger partial charge in [0.1, 0.15) is 0 Å². The van der Waals surface area contributed by atoms with Crippen LogP contribution >= 0.6 is 11.6 Å². The predicted octanol–water partition coefficient (Wildman–Crippen LogP) is 1.42. The summed E-state index contributed by atoms with van der Waals surface area (Å²) in [4.78, 5) is 13.8. The fraction of sp³-hybridized carbons (Fsp3) is 0.364. The molecule has 15 heavy (non-hydrogen) atoms. The quantitative estimate of drug-likeness (QED) is 0.780. The molecule has 0 radical (unpaired) electrons. The highest BCUT2D eigenvalue weighted by Gasteiger charge is 2.45. The molecule has 1 aromatic carbocycles. The van der Waals surface area contributed by atoms with Crippen molar-refractivity contribution in [3.63, 3.8) is 0 Å². The lowest BCUT2D eigenvalue weighted by Gasteiger charge is -2.28. The molecule has 0 aromatic heterocycles. The topological polar surface area (TPSA) is 32.3 Å². The summed E-state index contributed by atoms with van der Waals surface area (Å²) in [5.74, 6) is 0.152. The van der Waals surface area contributed by atoms with Gasteiger partial charge in [-0.3, -0.25) is 4.79 Å². The maximum atomic E-state index is 11.9. The molecule has 1 aromatic rings. The fourth-order valence-electron chi connectivity index (χ4n) is 2.41. The van der Waals surface area contributed by atoms with Crippen molar-refractivity contribution in [2.24, 2.45) is 0 Å². The van der Waals surface area contributed by atoms with Crippen LogP contribution < -0.4 is 10.2 Å². The molecule has 2 aliphatic heterocycles. The molecule has 3 rings (SSSR count). The molecule has 0 saturated carbocycles. The van der Waals surface area contributed by atoms with Crippen LogP contribution in [0.3, 0.4) is 0 Å². The zero-order chi connectivity index (χ0) is 10.4. The Labute approximate surface area is 93.0 Å². The SMILES string of the molecule is O=C1C2CC(CN2)N1c1ccccc1Cl. The second-order valence-electron chi connectivity index (χ2n) is 4.01. The summed E-state index contributed by atoms with van der Waals surface area (Å²) in [6.45, 7) is 0.877. The predicted molar refractivity (Wildman–Crippen MR) is 59.1 cm³/mol. The second-order valence-corrected chi connectivity index (χ2v) is 4.42. The lowest BCUT2D eigenvalue weighted by molar-refractivity contribution is -0.119. The number of nitrogens with one attached hydrogen (secondary N) is 1. The largest absolute Gasteiger partial charge is 0.305 e. The van der Waals surface area contributed by atoms with Gasteiger partial charge in [0.15, 0.2) is 0 Å². The maximum absolute atomic E-state index is 11.9. The van der Waals surface area contributed by atoms with Crippen molar-refractivity contribution in [1.29, 1.82) is 0 Å². The van der Waals surface area contributed by atoms with Crippen LogP contribution in [0.15, 0.2) is 24.3 Å². The Balaban J connectivity index is 2.02. The molecule has 2 fully saturated rings. The van der Waals surface area contributed by atoms with Gasteiger partial charge < -0.3 is 10.2 Å². The number of fused-ring (bicyclic) bond motifs is 2. The number of hydrogen-bond acceptors (Lipinski definition) is 2. The van der Waals surface area contributed by atoms with Crippen LogP contribution in [0.2, 0.25) is 5.02 Å². The van der Waals surface area contributed by atoms with Crippen molar-refractivity contribution in [2.45, 2.75) is 18.5 Å². The Morgan fingerprint density at radius 1 is 1.40 bits per heavy atom. The Kier molecular flexibility index (Phi) is 1.97. The summed E-state index contributed by atoms with van der Waals surface area (Å²) < 4.78 is 0. The number of halogens is 1. The van der Waals surface area contributed by atoms with Gasteiger partial charge in [0, 0.05) is 6.54 Å². The highest BCUT2D eigenvalue weighted by atomic mass is 35.5. The molecule has 0 aliphatic carbocycles. The van der Waals surface area contributed by atoms with Crippen LogP contribution in [0.25, 0.3) is 0 Å². The van der Waals surface area contributed by atoms with E-state index < -0.39 is 0 Å². The molecule has 3 nitrogen and oxygen atoms in total. The van der Waals surface area contributed by atoms with E-state index in [9.17, 15) is 4.79 Å². The van der Waals surface area contributed by atoms with Crippen LogP contribution in [0, 0.1) is 0 Å². The maximum Gasteiger partial charge on any atom is 0.244 e. The number of anilines is 1. The lowest BCUT2D eigenvalue weighted by atomic mass is 10.2. The van der Waals surface area contributed by atoms with Crippen molar-refractivity contribution < 1.29 is 4.79 Å². The Morgan fingerprint density at radius 2 is 2.20 bits per heavy atom. The molecule has 4 heteroatoms. The normalized spacial score (nSPS) is 28.9. The summed E-state index contributed by atoms with van der Waals surface area (Å²) in [5, 5.41) is 3.84. The Bertz CT molecular complexity index is 421. The number of rotatable bonds is 1. The molecule has 2 unspecified atom stereocenters. The summed E-state index contributed by atoms with van der Waals surface area (Å²) in [6, 6.07) is 7.80. The zero-order valence-corrected chi connectivity index (χ0v) is 8.87. The molecule has 2 atom stereocenters. The van der Waals surface area contributed by atoms with Crippen LogP contribution in [-0.2, 0) is 4.79 Å². The monoisotopic (exact) mass is 222 g/mol. The van der Waals surface area contributed by atoms with Crippen molar-refractivity contribution in [2.75, 3.05) is 11.4 Å². The van der Waals surface area contributed by atoms with E-state index in [0.29, 0.717) is 5.02 Å². The van der Waals surface area contributed by atoms with Crippen molar-refractivity contribution in [3.05, 3.63) is 29.3 Å². The Morgan fingerprint density at radius 3 is 2.87 bits per heavy atom. The number of carbonyl (C=O) groups is 1. The second kappa shape index (κ2) is 3.22. The highest BCUT2D eigenvalue weighted by Crippen LogP contribution is 2.34. The van der Waals surface area contributed by atoms with E-state index in [1.807, 2.05) is 29.2 Å². The van der Waals surface area contributed by atoms with Gasteiger partial charge in [-0.05, 0) is 18.6 Å². The number of nitrogens with zero attached hydrogens (tertiary/aromatic N) is 1. The summed E-state index contributed by atoms with van der Waals surface area (Å²) in [5.41, 5.74) is 0.846. The molecule has 2 saturated heterocycles. The minimum absolute atomic E-state index is 0.00581. The number of amides is 1. The number of hydrogen-bond donors (Lipinski definition) is 1. The number of benzene rings is 1. The highest BCUT2D eigenvalue weighted by molar-refractivity contribution is 6.34. The average Bonchev–Trinajstić information content (AvgIpc) is 2.80. The van der Waals surface area contributed by atoms with Gasteiger partial charge in [-0.1, -0.05) is 23.7 Å². The van der Waals surface area contributed by atoms with E-state index in [-0.39, 0.29) is 18.0 Å². The van der Waals surface area contributed by atoms with Gasteiger partial charge in [-0.25, -0.2) is 0 Å². The first kappa shape index (κ1) is 9.19. The van der Waals surface area contributed by atoms with Gasteiger partial charge in [-0.2, -0.15) is 0 Å². The number of piperazine rings is 1. The smallest absolute Gasteiger partial charge is 0.244 e. The van der Waals surface area contributed by atoms with E-state index >= 15 is 0 Å². The molecule has 1 amide bonds. The van der Waals surface area contributed by atoms with Gasteiger partial charge >= 0.3 is 0 Å². The molecular weight excluding hydrogens is 212 g/mol. The van der Waals surface area contributed by atoms with Gasteiger partial charge in [0.25, 0.3) is 0 Å². The zero-order valence-electron chi connectivity index (χ0n) is 8.11. The number of carbonyl (C=O) groups excluding carboxylic acids is 1. The van der Waals surface area contributed by atoms with Crippen molar-refractivity contribution in [3.8, 4) is 0 Å². The lowest BCUT2D eigenvalue weighted by Crippen LogP contribution is -2.48. The molecule has 2 bridgehead atoms. The molecular formula is C11H11ClN2O. The standard InChI is InChI=1S/C11H11ClN2O/c12-8-3-1-2-4-10(8)14-7-5-9(11(14)15)13-6-7/h1-4,7,9,13H,5-6H2. The minimum atomic E-state index is 0.00581. The minimum Gasteiger partial charge on any atom is -0.305 e. The summed E-state index contributed by atoms with van der Waals surface area (Å²) >= 11 is 6.09.